The van der Waals surface area contributed by atoms with E-state index in [1.807, 2.05) is 60.0 Å². The minimum absolute atomic E-state index is 0.107. The van der Waals surface area contributed by atoms with Gasteiger partial charge in [0.25, 0.3) is 0 Å². The highest BCUT2D eigenvalue weighted by molar-refractivity contribution is 5.81. The first-order valence-electron chi connectivity index (χ1n) is 7.63. The third-order valence-corrected chi connectivity index (χ3v) is 3.60. The van der Waals surface area contributed by atoms with Gasteiger partial charge in [0.2, 0.25) is 0 Å². The van der Waals surface area contributed by atoms with E-state index in [0.29, 0.717) is 6.61 Å². The number of fused-ring (bicyclic) bond motifs is 1. The molecule has 0 unspecified atom stereocenters. The van der Waals surface area contributed by atoms with Crippen LogP contribution in [0.5, 0.6) is 0 Å². The maximum absolute atomic E-state index is 11.7. The number of esters is 1. The minimum Gasteiger partial charge on any atom is -0.465 e. The summed E-state index contributed by atoms with van der Waals surface area (Å²) in [5.41, 5.74) is 3.78. The monoisotopic (exact) mass is 309 g/mol. The Morgan fingerprint density at radius 3 is 2.74 bits per heavy atom. The van der Waals surface area contributed by atoms with Crippen molar-refractivity contribution in [2.45, 2.75) is 13.8 Å². The fraction of sp³-hybridized carbons (Fsp3) is 0.222. The average Bonchev–Trinajstić information content (AvgIpc) is 2.94. The smallest absolute Gasteiger partial charge is 0.325 e. The maximum Gasteiger partial charge on any atom is 0.325 e. The lowest BCUT2D eigenvalue weighted by Crippen LogP contribution is -2.17. The summed E-state index contributed by atoms with van der Waals surface area (Å²) in [6, 6.07) is 13.9. The third kappa shape index (κ3) is 3.04. The number of rotatable bonds is 5. The van der Waals surface area contributed by atoms with Crippen LogP contribution in [0.4, 0.5) is 5.82 Å². The van der Waals surface area contributed by atoms with E-state index in [0.717, 1.165) is 28.3 Å². The Labute approximate surface area is 134 Å². The van der Waals surface area contributed by atoms with E-state index in [-0.39, 0.29) is 12.5 Å². The zero-order valence-electron chi connectivity index (χ0n) is 13.2. The number of anilines is 1. The number of pyridine rings is 1. The molecule has 1 N–H and O–H groups in total. The molecule has 0 radical (unpaired) electrons. The van der Waals surface area contributed by atoms with Crippen molar-refractivity contribution in [1.82, 2.24) is 9.38 Å². The van der Waals surface area contributed by atoms with Gasteiger partial charge in [0.1, 0.15) is 23.7 Å². The predicted molar refractivity (Wildman–Crippen MR) is 90.5 cm³/mol. The Morgan fingerprint density at radius 1 is 1.22 bits per heavy atom. The van der Waals surface area contributed by atoms with Crippen molar-refractivity contribution in [3.8, 4) is 11.3 Å². The van der Waals surface area contributed by atoms with Crippen LogP contribution in [0.3, 0.4) is 0 Å². The molecule has 0 fully saturated rings. The molecule has 5 nitrogen and oxygen atoms in total. The van der Waals surface area contributed by atoms with Gasteiger partial charge < -0.3 is 10.1 Å². The van der Waals surface area contributed by atoms with Gasteiger partial charge in [-0.05, 0) is 25.5 Å². The molecule has 5 heteroatoms. The van der Waals surface area contributed by atoms with Crippen LogP contribution in [0, 0.1) is 6.92 Å². The van der Waals surface area contributed by atoms with E-state index in [2.05, 4.69) is 5.32 Å². The molecule has 23 heavy (non-hydrogen) atoms. The second-order valence-corrected chi connectivity index (χ2v) is 5.22. The number of nitrogens with zero attached hydrogens (tertiary/aromatic N) is 2. The number of benzene rings is 1. The number of carbonyl (C=O) groups is 1. The zero-order valence-corrected chi connectivity index (χ0v) is 13.2. The number of hydrogen-bond donors (Lipinski definition) is 1. The van der Waals surface area contributed by atoms with E-state index >= 15 is 0 Å². The summed E-state index contributed by atoms with van der Waals surface area (Å²) in [5, 5.41) is 3.17. The summed E-state index contributed by atoms with van der Waals surface area (Å²) in [6.45, 7) is 4.30. The number of nitrogens with one attached hydrogen (secondary N) is 1. The van der Waals surface area contributed by atoms with Gasteiger partial charge >= 0.3 is 5.97 Å². The fourth-order valence-corrected chi connectivity index (χ4v) is 2.54. The van der Waals surface area contributed by atoms with E-state index in [1.54, 1.807) is 6.92 Å². The molecule has 0 saturated carbocycles. The molecule has 0 bridgehead atoms. The first-order chi connectivity index (χ1) is 11.2. The normalized spacial score (nSPS) is 10.7. The van der Waals surface area contributed by atoms with Gasteiger partial charge in [-0.1, -0.05) is 36.4 Å². The number of aryl methyl sites for hydroxylation is 1. The van der Waals surface area contributed by atoms with Crippen LogP contribution in [0.25, 0.3) is 16.9 Å². The standard InChI is InChI=1S/C18H19N3O2/c1-3-23-15(22)12-19-18-16(14-9-5-4-6-10-14)20-17-13(2)8-7-11-21(17)18/h4-11,19H,3,12H2,1-2H3. The largest absolute Gasteiger partial charge is 0.465 e. The van der Waals surface area contributed by atoms with Gasteiger partial charge in [-0.3, -0.25) is 9.20 Å². The van der Waals surface area contributed by atoms with Crippen LogP contribution in [0.1, 0.15) is 12.5 Å². The van der Waals surface area contributed by atoms with Gasteiger partial charge in [-0.2, -0.15) is 0 Å². The fourth-order valence-electron chi connectivity index (χ4n) is 2.54. The van der Waals surface area contributed by atoms with Gasteiger partial charge in [0, 0.05) is 11.8 Å². The molecule has 0 atom stereocenters. The SMILES string of the molecule is CCOC(=O)CNc1c(-c2ccccc2)nc2c(C)cccn12. The third-order valence-electron chi connectivity index (χ3n) is 3.60. The van der Waals surface area contributed by atoms with Crippen LogP contribution < -0.4 is 5.32 Å². The lowest BCUT2D eigenvalue weighted by Gasteiger charge is -2.08. The zero-order chi connectivity index (χ0) is 16.2. The molecular formula is C18H19N3O2. The number of hydrogen-bond acceptors (Lipinski definition) is 4. The van der Waals surface area contributed by atoms with Crippen molar-refractivity contribution in [3.63, 3.8) is 0 Å². The molecule has 3 aromatic rings. The minimum atomic E-state index is -0.283. The summed E-state index contributed by atoms with van der Waals surface area (Å²) in [5.74, 6) is 0.511. The van der Waals surface area contributed by atoms with E-state index in [9.17, 15) is 4.79 Å². The van der Waals surface area contributed by atoms with Crippen LogP contribution in [-0.2, 0) is 9.53 Å². The lowest BCUT2D eigenvalue weighted by atomic mass is 10.1. The molecule has 2 heterocycles. The second-order valence-electron chi connectivity index (χ2n) is 5.22. The lowest BCUT2D eigenvalue weighted by molar-refractivity contribution is -0.140. The van der Waals surface area contributed by atoms with Gasteiger partial charge in [0.15, 0.2) is 0 Å². The van der Waals surface area contributed by atoms with Crippen molar-refractivity contribution >= 4 is 17.4 Å². The van der Waals surface area contributed by atoms with Crippen molar-refractivity contribution in [2.24, 2.45) is 0 Å². The maximum atomic E-state index is 11.7. The summed E-state index contributed by atoms with van der Waals surface area (Å²) >= 11 is 0. The average molecular weight is 309 g/mol. The highest BCUT2D eigenvalue weighted by Gasteiger charge is 2.15. The Balaban J connectivity index is 2.06. The second kappa shape index (κ2) is 6.52. The van der Waals surface area contributed by atoms with Gasteiger partial charge in [0.05, 0.1) is 6.61 Å². The molecular weight excluding hydrogens is 290 g/mol. The number of aromatic nitrogens is 2. The Morgan fingerprint density at radius 2 is 2.00 bits per heavy atom. The van der Waals surface area contributed by atoms with Crippen molar-refractivity contribution < 1.29 is 9.53 Å². The van der Waals surface area contributed by atoms with Crippen molar-refractivity contribution in [2.75, 3.05) is 18.5 Å². The highest BCUT2D eigenvalue weighted by atomic mass is 16.5. The topological polar surface area (TPSA) is 55.6 Å². The van der Waals surface area contributed by atoms with Gasteiger partial charge in [-0.15, -0.1) is 0 Å². The van der Waals surface area contributed by atoms with Crippen molar-refractivity contribution in [3.05, 3.63) is 54.2 Å². The van der Waals surface area contributed by atoms with E-state index in [4.69, 9.17) is 9.72 Å². The Hall–Kier alpha value is -2.82. The Bertz CT molecular complexity index is 825. The molecule has 3 rings (SSSR count). The molecule has 0 aliphatic heterocycles. The summed E-state index contributed by atoms with van der Waals surface area (Å²) < 4.78 is 6.96. The summed E-state index contributed by atoms with van der Waals surface area (Å²) in [6.07, 6.45) is 1.94. The van der Waals surface area contributed by atoms with E-state index < -0.39 is 0 Å². The van der Waals surface area contributed by atoms with Crippen molar-refractivity contribution in [1.29, 1.82) is 0 Å². The number of carbonyl (C=O) groups excluding carboxylic acids is 1. The number of imidazole rings is 1. The molecule has 0 spiro atoms. The van der Waals surface area contributed by atoms with Crippen LogP contribution >= 0.6 is 0 Å². The Kier molecular flexibility index (Phi) is 4.28. The summed E-state index contributed by atoms with van der Waals surface area (Å²) in [4.78, 5) is 16.4. The van der Waals surface area contributed by atoms with Crippen LogP contribution in [-0.4, -0.2) is 28.5 Å². The molecule has 0 aliphatic rings. The first kappa shape index (κ1) is 15.1. The number of ether oxygens (including phenoxy) is 1. The van der Waals surface area contributed by atoms with Crippen LogP contribution in [0.15, 0.2) is 48.7 Å². The quantitative estimate of drug-likeness (QED) is 0.735. The summed E-state index contributed by atoms with van der Waals surface area (Å²) in [7, 11) is 0. The molecule has 0 saturated heterocycles. The molecule has 118 valence electrons. The predicted octanol–water partition coefficient (Wildman–Crippen LogP) is 3.28. The highest BCUT2D eigenvalue weighted by Crippen LogP contribution is 2.29. The molecule has 0 aliphatic carbocycles. The van der Waals surface area contributed by atoms with E-state index in [1.165, 1.54) is 0 Å². The molecule has 1 aromatic carbocycles. The first-order valence-corrected chi connectivity index (χ1v) is 7.63. The molecule has 2 aromatic heterocycles. The molecule has 0 amide bonds. The van der Waals surface area contributed by atoms with Crippen LogP contribution in [0.2, 0.25) is 0 Å². The van der Waals surface area contributed by atoms with Gasteiger partial charge in [-0.25, -0.2) is 4.98 Å².